The van der Waals surface area contributed by atoms with E-state index in [2.05, 4.69) is 34.6 Å². The quantitative estimate of drug-likeness (QED) is 0.720. The normalized spacial score (nSPS) is 44.2. The number of hydrogen-bond donors (Lipinski definition) is 0. The molecule has 140 valence electrons. The molecule has 0 N–H and O–H groups in total. The Balaban J connectivity index is 1.44. The molecule has 4 fully saturated rings. The highest BCUT2D eigenvalue weighted by atomic mass is 16.6. The lowest BCUT2D eigenvalue weighted by atomic mass is 9.71. The molecule has 4 heteroatoms. The number of cyclic esters (lactones) is 1. The van der Waals surface area contributed by atoms with Gasteiger partial charge in [-0.3, -0.25) is 9.59 Å². The molecular weight excluding hydrogens is 316 g/mol. The SMILES string of the molecule is CC(C)(C)CC1(C(=O)OC2CC3CC2CC32CCOC2=O)CC1(C)C. The minimum atomic E-state index is -0.322. The summed E-state index contributed by atoms with van der Waals surface area (Å²) in [5.74, 6) is 0.689. The van der Waals surface area contributed by atoms with Gasteiger partial charge in [0.15, 0.2) is 0 Å². The largest absolute Gasteiger partial charge is 0.465 e. The molecule has 0 radical (unpaired) electrons. The molecule has 4 rings (SSSR count). The van der Waals surface area contributed by atoms with Gasteiger partial charge in [-0.2, -0.15) is 0 Å². The van der Waals surface area contributed by atoms with Gasteiger partial charge in [0.05, 0.1) is 17.4 Å². The predicted octanol–water partition coefficient (Wildman–Crippen LogP) is 4.11. The first-order chi connectivity index (χ1) is 11.5. The summed E-state index contributed by atoms with van der Waals surface area (Å²) in [4.78, 5) is 25.3. The lowest BCUT2D eigenvalue weighted by molar-refractivity contribution is -0.163. The molecule has 5 atom stereocenters. The average Bonchev–Trinajstić information content (AvgIpc) is 2.89. The van der Waals surface area contributed by atoms with Crippen molar-refractivity contribution in [2.24, 2.45) is 33.5 Å². The molecule has 1 spiro atoms. The van der Waals surface area contributed by atoms with Crippen LogP contribution in [0.25, 0.3) is 0 Å². The molecule has 1 aliphatic heterocycles. The van der Waals surface area contributed by atoms with Gasteiger partial charge < -0.3 is 9.47 Å². The Bertz CT molecular complexity index is 616. The fourth-order valence-corrected chi connectivity index (χ4v) is 6.25. The van der Waals surface area contributed by atoms with Gasteiger partial charge in [-0.05, 0) is 61.2 Å². The Morgan fingerprint density at radius 1 is 1.28 bits per heavy atom. The molecule has 4 nitrogen and oxygen atoms in total. The molecule has 4 aliphatic rings. The van der Waals surface area contributed by atoms with E-state index in [1.165, 1.54) is 0 Å². The van der Waals surface area contributed by atoms with Gasteiger partial charge in [0, 0.05) is 0 Å². The zero-order valence-electron chi connectivity index (χ0n) is 16.3. The smallest absolute Gasteiger partial charge is 0.312 e. The van der Waals surface area contributed by atoms with Crippen LogP contribution in [-0.2, 0) is 19.1 Å². The highest BCUT2D eigenvalue weighted by molar-refractivity contribution is 5.82. The van der Waals surface area contributed by atoms with Crippen molar-refractivity contribution in [3.8, 4) is 0 Å². The molecule has 0 aromatic carbocycles. The van der Waals surface area contributed by atoms with Crippen LogP contribution < -0.4 is 0 Å². The lowest BCUT2D eigenvalue weighted by Gasteiger charge is -2.35. The van der Waals surface area contributed by atoms with Crippen LogP contribution in [0.15, 0.2) is 0 Å². The molecule has 3 saturated carbocycles. The maximum Gasteiger partial charge on any atom is 0.312 e. The number of esters is 2. The molecule has 0 aromatic heterocycles. The Hall–Kier alpha value is -1.06. The van der Waals surface area contributed by atoms with Gasteiger partial charge in [-0.25, -0.2) is 0 Å². The van der Waals surface area contributed by atoms with E-state index in [0.29, 0.717) is 18.4 Å². The molecule has 5 unspecified atom stereocenters. The van der Waals surface area contributed by atoms with Gasteiger partial charge in [-0.15, -0.1) is 0 Å². The van der Waals surface area contributed by atoms with Crippen molar-refractivity contribution in [1.29, 1.82) is 0 Å². The fraction of sp³-hybridized carbons (Fsp3) is 0.905. The standard InChI is InChI=1S/C21H32O4/c1-18(2,3)11-21(12-19(21,4)5)17(23)25-15-9-14-8-13(15)10-20(14)6-7-24-16(20)22/h13-15H,6-12H2,1-5H3. The third-order valence-corrected chi connectivity index (χ3v) is 7.62. The first kappa shape index (κ1) is 17.4. The monoisotopic (exact) mass is 348 g/mol. The first-order valence-corrected chi connectivity index (χ1v) is 9.88. The second-order valence-electron chi connectivity index (χ2n) is 11.0. The summed E-state index contributed by atoms with van der Waals surface area (Å²) in [5, 5.41) is 0. The summed E-state index contributed by atoms with van der Waals surface area (Å²) in [6.45, 7) is 11.5. The zero-order chi connectivity index (χ0) is 18.3. The van der Waals surface area contributed by atoms with Crippen molar-refractivity contribution in [3.05, 3.63) is 0 Å². The number of ether oxygens (including phenoxy) is 2. The molecule has 2 bridgehead atoms. The van der Waals surface area contributed by atoms with E-state index in [1.54, 1.807) is 0 Å². The fourth-order valence-electron chi connectivity index (χ4n) is 6.25. The van der Waals surface area contributed by atoms with E-state index in [-0.39, 0.29) is 39.7 Å². The molecule has 25 heavy (non-hydrogen) atoms. The highest BCUT2D eigenvalue weighted by Crippen LogP contribution is 2.69. The van der Waals surface area contributed by atoms with Crippen molar-refractivity contribution in [2.75, 3.05) is 6.61 Å². The van der Waals surface area contributed by atoms with Crippen LogP contribution in [0.5, 0.6) is 0 Å². The number of fused-ring (bicyclic) bond motifs is 3. The summed E-state index contributed by atoms with van der Waals surface area (Å²) >= 11 is 0. The van der Waals surface area contributed by atoms with Crippen LogP contribution >= 0.6 is 0 Å². The van der Waals surface area contributed by atoms with E-state index in [9.17, 15) is 9.59 Å². The predicted molar refractivity (Wildman–Crippen MR) is 93.6 cm³/mol. The maximum absolute atomic E-state index is 13.1. The second kappa shape index (κ2) is 5.01. The van der Waals surface area contributed by atoms with E-state index in [0.717, 1.165) is 38.5 Å². The van der Waals surface area contributed by atoms with E-state index >= 15 is 0 Å². The molecular formula is C21H32O4. The minimum Gasteiger partial charge on any atom is -0.465 e. The molecule has 1 saturated heterocycles. The third kappa shape index (κ3) is 2.46. The van der Waals surface area contributed by atoms with Crippen molar-refractivity contribution in [2.45, 2.75) is 79.2 Å². The van der Waals surface area contributed by atoms with E-state index < -0.39 is 0 Å². The Labute approximate surface area is 151 Å². The van der Waals surface area contributed by atoms with Crippen LogP contribution in [0.2, 0.25) is 0 Å². The lowest BCUT2D eigenvalue weighted by Crippen LogP contribution is -2.39. The number of carbonyl (C=O) groups is 2. The molecule has 1 heterocycles. The third-order valence-electron chi connectivity index (χ3n) is 7.62. The maximum atomic E-state index is 13.1. The zero-order valence-corrected chi connectivity index (χ0v) is 16.3. The second-order valence-corrected chi connectivity index (χ2v) is 11.0. The Morgan fingerprint density at radius 3 is 2.40 bits per heavy atom. The van der Waals surface area contributed by atoms with Gasteiger partial charge >= 0.3 is 11.9 Å². The van der Waals surface area contributed by atoms with Gasteiger partial charge in [0.1, 0.15) is 6.10 Å². The van der Waals surface area contributed by atoms with Crippen molar-refractivity contribution >= 4 is 11.9 Å². The topological polar surface area (TPSA) is 52.6 Å². The summed E-state index contributed by atoms with van der Waals surface area (Å²) in [5.41, 5.74) is -0.433. The van der Waals surface area contributed by atoms with Crippen LogP contribution in [0, 0.1) is 33.5 Å². The number of rotatable bonds is 3. The van der Waals surface area contributed by atoms with Crippen LogP contribution in [0.4, 0.5) is 0 Å². The number of hydrogen-bond acceptors (Lipinski definition) is 4. The minimum absolute atomic E-state index is 0.00249. The first-order valence-electron chi connectivity index (χ1n) is 9.88. The molecule has 0 aromatic rings. The van der Waals surface area contributed by atoms with Crippen molar-refractivity contribution < 1.29 is 19.1 Å². The van der Waals surface area contributed by atoms with Crippen LogP contribution in [-0.4, -0.2) is 24.6 Å². The Morgan fingerprint density at radius 2 is 1.96 bits per heavy atom. The van der Waals surface area contributed by atoms with Crippen LogP contribution in [0.3, 0.4) is 0 Å². The van der Waals surface area contributed by atoms with Gasteiger partial charge in [0.2, 0.25) is 0 Å². The van der Waals surface area contributed by atoms with Crippen molar-refractivity contribution in [3.63, 3.8) is 0 Å². The summed E-state index contributed by atoms with van der Waals surface area (Å²) < 4.78 is 11.4. The Kier molecular flexibility index (Phi) is 3.48. The molecule has 0 amide bonds. The van der Waals surface area contributed by atoms with Gasteiger partial charge in [0.25, 0.3) is 0 Å². The number of carbonyl (C=O) groups excluding carboxylic acids is 2. The van der Waals surface area contributed by atoms with Crippen LogP contribution in [0.1, 0.15) is 73.1 Å². The summed E-state index contributed by atoms with van der Waals surface area (Å²) in [6, 6.07) is 0. The summed E-state index contributed by atoms with van der Waals surface area (Å²) in [6.07, 6.45) is 5.37. The molecule has 3 aliphatic carbocycles. The van der Waals surface area contributed by atoms with Gasteiger partial charge in [-0.1, -0.05) is 34.6 Å². The van der Waals surface area contributed by atoms with E-state index in [4.69, 9.17) is 9.47 Å². The van der Waals surface area contributed by atoms with Crippen molar-refractivity contribution in [1.82, 2.24) is 0 Å². The summed E-state index contributed by atoms with van der Waals surface area (Å²) in [7, 11) is 0. The highest BCUT2D eigenvalue weighted by Gasteiger charge is 2.69. The average molecular weight is 348 g/mol. The van der Waals surface area contributed by atoms with E-state index in [1.807, 2.05) is 0 Å².